The molecule has 4 nitrogen and oxygen atoms in total. The van der Waals surface area contributed by atoms with Crippen LogP contribution < -0.4 is 10.2 Å². The second-order valence-corrected chi connectivity index (χ2v) is 7.08. The van der Waals surface area contributed by atoms with Crippen LogP contribution in [0.4, 0.5) is 23.1 Å². The van der Waals surface area contributed by atoms with Crippen LogP contribution >= 0.6 is 0 Å². The van der Waals surface area contributed by atoms with Crippen molar-refractivity contribution in [2.24, 2.45) is 0 Å². The fourth-order valence-corrected chi connectivity index (χ4v) is 3.69. The molecule has 4 rings (SSSR count). The molecule has 0 fully saturated rings. The summed E-state index contributed by atoms with van der Waals surface area (Å²) in [5.41, 5.74) is 7.09. The lowest BCUT2D eigenvalue weighted by Crippen LogP contribution is -2.25. The van der Waals surface area contributed by atoms with Crippen molar-refractivity contribution < 1.29 is 0 Å². The van der Waals surface area contributed by atoms with E-state index in [4.69, 9.17) is 4.98 Å². The molecule has 2 heterocycles. The summed E-state index contributed by atoms with van der Waals surface area (Å²) in [6, 6.07) is 17.1. The Morgan fingerprint density at radius 1 is 0.923 bits per heavy atom. The van der Waals surface area contributed by atoms with Gasteiger partial charge in [0.15, 0.2) is 0 Å². The molecule has 3 aromatic rings. The van der Waals surface area contributed by atoms with E-state index in [0.29, 0.717) is 5.95 Å². The SMILES string of the molecule is Cc1cc(C)cc(Nc2nc(C)cc(N3CCCc4ccccc43)n2)c1. The van der Waals surface area contributed by atoms with Gasteiger partial charge >= 0.3 is 0 Å². The quantitative estimate of drug-likeness (QED) is 0.706. The van der Waals surface area contributed by atoms with E-state index in [0.717, 1.165) is 36.6 Å². The van der Waals surface area contributed by atoms with Crippen LogP contribution in [0.25, 0.3) is 0 Å². The van der Waals surface area contributed by atoms with E-state index >= 15 is 0 Å². The van der Waals surface area contributed by atoms with Gasteiger partial charge in [-0.2, -0.15) is 4.98 Å². The molecule has 132 valence electrons. The number of para-hydroxylation sites is 1. The smallest absolute Gasteiger partial charge is 0.229 e. The molecule has 0 aliphatic carbocycles. The average Bonchev–Trinajstić information content (AvgIpc) is 2.60. The standard InChI is InChI=1S/C22H24N4/c1-15-11-16(2)13-19(12-15)24-22-23-17(3)14-21(25-22)26-10-6-8-18-7-4-5-9-20(18)26/h4-5,7,9,11-14H,6,8,10H2,1-3H3,(H,23,24,25). The molecule has 0 unspecified atom stereocenters. The largest absolute Gasteiger partial charge is 0.326 e. The van der Waals surface area contributed by atoms with E-state index in [-0.39, 0.29) is 0 Å². The molecule has 0 atom stereocenters. The highest BCUT2D eigenvalue weighted by Crippen LogP contribution is 2.33. The summed E-state index contributed by atoms with van der Waals surface area (Å²) in [7, 11) is 0. The molecule has 0 saturated heterocycles. The van der Waals surface area contributed by atoms with Crippen LogP contribution in [0.3, 0.4) is 0 Å². The number of aryl methyl sites for hydroxylation is 4. The Morgan fingerprint density at radius 2 is 1.69 bits per heavy atom. The maximum Gasteiger partial charge on any atom is 0.229 e. The lowest BCUT2D eigenvalue weighted by molar-refractivity contribution is 0.758. The number of hydrogen-bond donors (Lipinski definition) is 1. The highest BCUT2D eigenvalue weighted by atomic mass is 15.2. The van der Waals surface area contributed by atoms with Gasteiger partial charge in [0.2, 0.25) is 5.95 Å². The van der Waals surface area contributed by atoms with Crippen molar-refractivity contribution in [3.63, 3.8) is 0 Å². The van der Waals surface area contributed by atoms with Crippen molar-refractivity contribution in [1.82, 2.24) is 9.97 Å². The third kappa shape index (κ3) is 3.40. The topological polar surface area (TPSA) is 41.1 Å². The zero-order chi connectivity index (χ0) is 18.1. The first-order valence-electron chi connectivity index (χ1n) is 9.15. The van der Waals surface area contributed by atoms with Crippen LogP contribution in [0.5, 0.6) is 0 Å². The molecule has 0 amide bonds. The van der Waals surface area contributed by atoms with Crippen molar-refractivity contribution in [2.75, 3.05) is 16.8 Å². The number of nitrogens with zero attached hydrogens (tertiary/aromatic N) is 3. The fraction of sp³-hybridized carbons (Fsp3) is 0.273. The lowest BCUT2D eigenvalue weighted by atomic mass is 10.0. The highest BCUT2D eigenvalue weighted by Gasteiger charge is 2.19. The zero-order valence-electron chi connectivity index (χ0n) is 15.6. The molecule has 1 aliphatic heterocycles. The molecular weight excluding hydrogens is 320 g/mol. The van der Waals surface area contributed by atoms with Crippen molar-refractivity contribution in [3.05, 3.63) is 70.9 Å². The van der Waals surface area contributed by atoms with E-state index < -0.39 is 0 Å². The maximum atomic E-state index is 4.81. The van der Waals surface area contributed by atoms with E-state index in [9.17, 15) is 0 Å². The monoisotopic (exact) mass is 344 g/mol. The average molecular weight is 344 g/mol. The Morgan fingerprint density at radius 3 is 2.50 bits per heavy atom. The van der Waals surface area contributed by atoms with Crippen LogP contribution in [-0.4, -0.2) is 16.5 Å². The van der Waals surface area contributed by atoms with Gasteiger partial charge in [0.1, 0.15) is 5.82 Å². The van der Waals surface area contributed by atoms with Gasteiger partial charge in [-0.1, -0.05) is 24.3 Å². The van der Waals surface area contributed by atoms with Gasteiger partial charge in [-0.15, -0.1) is 0 Å². The number of aromatic nitrogens is 2. The Labute approximate surface area is 154 Å². The summed E-state index contributed by atoms with van der Waals surface area (Å²) in [6.07, 6.45) is 2.27. The number of hydrogen-bond acceptors (Lipinski definition) is 4. The van der Waals surface area contributed by atoms with Gasteiger partial charge in [0.25, 0.3) is 0 Å². The third-order valence-corrected chi connectivity index (χ3v) is 4.71. The molecule has 0 spiro atoms. The summed E-state index contributed by atoms with van der Waals surface area (Å²) < 4.78 is 0. The van der Waals surface area contributed by atoms with Crippen LogP contribution in [0.15, 0.2) is 48.5 Å². The van der Waals surface area contributed by atoms with Crippen molar-refractivity contribution in [1.29, 1.82) is 0 Å². The van der Waals surface area contributed by atoms with Gasteiger partial charge in [0, 0.05) is 29.7 Å². The second kappa shape index (κ2) is 6.79. The van der Waals surface area contributed by atoms with Crippen molar-refractivity contribution >= 4 is 23.1 Å². The first-order chi connectivity index (χ1) is 12.6. The van der Waals surface area contributed by atoms with E-state index in [1.807, 2.05) is 6.92 Å². The molecule has 0 radical (unpaired) electrons. The van der Waals surface area contributed by atoms with Crippen LogP contribution in [-0.2, 0) is 6.42 Å². The minimum atomic E-state index is 0.646. The second-order valence-electron chi connectivity index (χ2n) is 7.08. The number of anilines is 4. The highest BCUT2D eigenvalue weighted by molar-refractivity contribution is 5.67. The van der Waals surface area contributed by atoms with E-state index in [1.54, 1.807) is 0 Å². The summed E-state index contributed by atoms with van der Waals surface area (Å²) in [4.78, 5) is 11.7. The van der Waals surface area contributed by atoms with Gasteiger partial charge < -0.3 is 10.2 Å². The minimum Gasteiger partial charge on any atom is -0.326 e. The van der Waals surface area contributed by atoms with Crippen LogP contribution in [0, 0.1) is 20.8 Å². The lowest BCUT2D eigenvalue weighted by Gasteiger charge is -2.30. The molecule has 2 aromatic carbocycles. The summed E-state index contributed by atoms with van der Waals surface area (Å²) in [6.45, 7) is 7.21. The van der Waals surface area contributed by atoms with Gasteiger partial charge in [0.05, 0.1) is 0 Å². The Hall–Kier alpha value is -2.88. The van der Waals surface area contributed by atoms with E-state index in [2.05, 4.69) is 77.6 Å². The third-order valence-electron chi connectivity index (χ3n) is 4.71. The molecule has 0 bridgehead atoms. The molecule has 0 saturated carbocycles. The predicted octanol–water partition coefficient (Wildman–Crippen LogP) is 5.23. The molecule has 1 aromatic heterocycles. The Kier molecular flexibility index (Phi) is 4.33. The van der Waals surface area contributed by atoms with Crippen LogP contribution in [0.1, 0.15) is 28.8 Å². The van der Waals surface area contributed by atoms with Gasteiger partial charge in [-0.3, -0.25) is 0 Å². The number of benzene rings is 2. The first-order valence-corrected chi connectivity index (χ1v) is 9.15. The normalized spacial score (nSPS) is 13.4. The maximum absolute atomic E-state index is 4.81. The predicted molar refractivity (Wildman–Crippen MR) is 108 cm³/mol. The van der Waals surface area contributed by atoms with Gasteiger partial charge in [-0.25, -0.2) is 4.98 Å². The fourth-order valence-electron chi connectivity index (χ4n) is 3.69. The van der Waals surface area contributed by atoms with Crippen molar-refractivity contribution in [3.8, 4) is 0 Å². The van der Waals surface area contributed by atoms with E-state index in [1.165, 1.54) is 22.4 Å². The first kappa shape index (κ1) is 16.6. The summed E-state index contributed by atoms with van der Waals surface area (Å²) >= 11 is 0. The van der Waals surface area contributed by atoms with Gasteiger partial charge in [-0.05, 0) is 68.5 Å². The zero-order valence-corrected chi connectivity index (χ0v) is 15.6. The van der Waals surface area contributed by atoms with Crippen LogP contribution in [0.2, 0.25) is 0 Å². The molecule has 1 aliphatic rings. The van der Waals surface area contributed by atoms with Crippen molar-refractivity contribution in [2.45, 2.75) is 33.6 Å². The molecular formula is C22H24N4. The Balaban J connectivity index is 1.69. The summed E-state index contributed by atoms with van der Waals surface area (Å²) in [5, 5.41) is 3.38. The molecule has 4 heteroatoms. The number of nitrogens with one attached hydrogen (secondary N) is 1. The number of rotatable bonds is 3. The summed E-state index contributed by atoms with van der Waals surface area (Å²) in [5.74, 6) is 1.60. The minimum absolute atomic E-state index is 0.646. The molecule has 1 N–H and O–H groups in total. The number of fused-ring (bicyclic) bond motifs is 1. The Bertz CT molecular complexity index is 928. The molecule has 26 heavy (non-hydrogen) atoms.